The smallest absolute Gasteiger partial charge is 0.131 e. The molecule has 25 heavy (non-hydrogen) atoms. The van der Waals surface area contributed by atoms with E-state index in [-0.39, 0.29) is 6.04 Å². The third kappa shape index (κ3) is 2.64. The van der Waals surface area contributed by atoms with Crippen molar-refractivity contribution in [3.05, 3.63) is 48.7 Å². The average molecular weight is 339 g/mol. The van der Waals surface area contributed by atoms with Gasteiger partial charge in [-0.1, -0.05) is 6.08 Å². The van der Waals surface area contributed by atoms with Gasteiger partial charge in [0.05, 0.1) is 32.8 Å². The van der Waals surface area contributed by atoms with Crippen LogP contribution in [0.1, 0.15) is 24.5 Å². The van der Waals surface area contributed by atoms with Gasteiger partial charge in [-0.2, -0.15) is 0 Å². The topological polar surface area (TPSA) is 42.4 Å². The summed E-state index contributed by atoms with van der Waals surface area (Å²) < 4.78 is 6.31. The summed E-state index contributed by atoms with van der Waals surface area (Å²) in [5.41, 5.74) is 1.87. The van der Waals surface area contributed by atoms with E-state index in [1.807, 2.05) is 24.3 Å². The summed E-state index contributed by atoms with van der Waals surface area (Å²) >= 11 is 0. The number of aliphatic hydroxyl groups is 1. The van der Waals surface area contributed by atoms with Crippen LogP contribution in [0.3, 0.4) is 0 Å². The molecular formula is C21H27N2O2+. The fraction of sp³-hybridized carbons (Fsp3) is 0.476. The zero-order valence-corrected chi connectivity index (χ0v) is 15.1. The number of piperidine rings is 3. The molecule has 4 nitrogen and oxygen atoms in total. The number of fused-ring (bicyclic) bond motifs is 4. The Bertz CT molecular complexity index is 806. The van der Waals surface area contributed by atoms with Gasteiger partial charge in [0.25, 0.3) is 0 Å². The van der Waals surface area contributed by atoms with Crippen molar-refractivity contribution < 1.29 is 14.3 Å². The highest BCUT2D eigenvalue weighted by molar-refractivity contribution is 5.83. The summed E-state index contributed by atoms with van der Waals surface area (Å²) in [6.07, 6.45) is 5.73. The Morgan fingerprint density at radius 3 is 2.96 bits per heavy atom. The molecule has 0 radical (unpaired) electrons. The largest absolute Gasteiger partial charge is 0.497 e. The van der Waals surface area contributed by atoms with Crippen LogP contribution in [-0.2, 0) is 0 Å². The maximum atomic E-state index is 11.3. The molecule has 3 aliphatic rings. The van der Waals surface area contributed by atoms with Crippen LogP contribution in [0.25, 0.3) is 10.9 Å². The van der Waals surface area contributed by atoms with Crippen molar-refractivity contribution in [2.24, 2.45) is 11.8 Å². The van der Waals surface area contributed by atoms with Gasteiger partial charge in [0.15, 0.2) is 0 Å². The van der Waals surface area contributed by atoms with E-state index in [9.17, 15) is 5.11 Å². The molecule has 4 heterocycles. The van der Waals surface area contributed by atoms with E-state index in [2.05, 4.69) is 24.7 Å². The highest BCUT2D eigenvalue weighted by Gasteiger charge is 2.51. The van der Waals surface area contributed by atoms with E-state index in [0.717, 1.165) is 46.2 Å². The number of hydrogen-bond acceptors (Lipinski definition) is 3. The Morgan fingerprint density at radius 1 is 1.40 bits per heavy atom. The Kier molecular flexibility index (Phi) is 4.05. The van der Waals surface area contributed by atoms with Crippen molar-refractivity contribution in [2.45, 2.75) is 25.0 Å². The van der Waals surface area contributed by atoms with Crippen LogP contribution in [0.5, 0.6) is 5.75 Å². The number of quaternary nitrogens is 1. The molecule has 3 fully saturated rings. The summed E-state index contributed by atoms with van der Waals surface area (Å²) in [7, 11) is 3.96. The lowest BCUT2D eigenvalue weighted by molar-refractivity contribution is -0.956. The molecular weight excluding hydrogens is 312 g/mol. The Balaban J connectivity index is 1.73. The monoisotopic (exact) mass is 339 g/mol. The number of likely N-dealkylation sites (N-methyl/N-ethyl adjacent to an activating group) is 1. The number of ether oxygens (including phenoxy) is 1. The normalized spacial score (nSPS) is 32.5. The Hall–Kier alpha value is -1.91. The molecule has 1 N–H and O–H groups in total. The summed E-state index contributed by atoms with van der Waals surface area (Å²) in [6, 6.07) is 8.06. The van der Waals surface area contributed by atoms with Gasteiger partial charge in [-0.25, -0.2) is 0 Å². The molecule has 4 heteroatoms. The lowest BCUT2D eigenvalue weighted by atomic mass is 9.72. The minimum Gasteiger partial charge on any atom is -0.497 e. The van der Waals surface area contributed by atoms with Gasteiger partial charge in [0.2, 0.25) is 0 Å². The number of nitrogens with zero attached hydrogens (tertiary/aromatic N) is 2. The third-order valence-electron chi connectivity index (χ3n) is 6.56. The van der Waals surface area contributed by atoms with E-state index in [0.29, 0.717) is 11.8 Å². The van der Waals surface area contributed by atoms with Gasteiger partial charge in [0.1, 0.15) is 17.9 Å². The fourth-order valence-corrected chi connectivity index (χ4v) is 5.03. The molecule has 132 valence electrons. The Morgan fingerprint density at radius 2 is 2.24 bits per heavy atom. The first-order valence-corrected chi connectivity index (χ1v) is 9.13. The van der Waals surface area contributed by atoms with Crippen LogP contribution >= 0.6 is 0 Å². The molecule has 3 aliphatic heterocycles. The molecule has 2 bridgehead atoms. The van der Waals surface area contributed by atoms with Crippen molar-refractivity contribution >= 4 is 10.9 Å². The van der Waals surface area contributed by atoms with E-state index >= 15 is 0 Å². The highest BCUT2D eigenvalue weighted by atomic mass is 16.5. The molecule has 2 aromatic rings. The summed E-state index contributed by atoms with van der Waals surface area (Å²) in [4.78, 5) is 4.45. The first-order chi connectivity index (χ1) is 12.1. The van der Waals surface area contributed by atoms with Crippen LogP contribution in [0.15, 0.2) is 43.1 Å². The lowest BCUT2D eigenvalue weighted by Gasteiger charge is -2.56. The van der Waals surface area contributed by atoms with Gasteiger partial charge >= 0.3 is 0 Å². The van der Waals surface area contributed by atoms with E-state index in [4.69, 9.17) is 4.74 Å². The lowest BCUT2D eigenvalue weighted by Crippen LogP contribution is -2.66. The van der Waals surface area contributed by atoms with Crippen LogP contribution in [-0.4, -0.2) is 47.9 Å². The molecule has 1 aromatic carbocycles. The Labute approximate surface area is 149 Å². The standard InChI is InChI=1S/C21H27N2O2/c1-4-14-13-23(2)10-8-15(14)11-20(23)21(24)17-7-9-22-19-6-5-16(25-3)12-18(17)19/h4-7,9,12,14-15,20-21,24H,1,8,10-11,13H2,2-3H3/q+1/t14-,15?,20?,21+,23?/m0/s1. The van der Waals surface area contributed by atoms with Crippen LogP contribution in [0.4, 0.5) is 0 Å². The van der Waals surface area contributed by atoms with Gasteiger partial charge < -0.3 is 14.3 Å². The second-order valence-corrected chi connectivity index (χ2v) is 7.87. The highest BCUT2D eigenvalue weighted by Crippen LogP contribution is 2.45. The number of hydrogen-bond donors (Lipinski definition) is 1. The summed E-state index contributed by atoms with van der Waals surface area (Å²) in [6.45, 7) is 6.26. The number of methoxy groups -OCH3 is 1. The number of benzene rings is 1. The number of rotatable bonds is 4. The van der Waals surface area contributed by atoms with Crippen molar-refractivity contribution in [2.75, 3.05) is 27.2 Å². The molecule has 0 saturated carbocycles. The molecule has 3 saturated heterocycles. The van der Waals surface area contributed by atoms with Crippen molar-refractivity contribution in [3.63, 3.8) is 0 Å². The van der Waals surface area contributed by atoms with Crippen LogP contribution in [0, 0.1) is 11.8 Å². The minimum atomic E-state index is -0.490. The van der Waals surface area contributed by atoms with Crippen molar-refractivity contribution in [3.8, 4) is 5.75 Å². The zero-order valence-electron chi connectivity index (χ0n) is 15.1. The maximum Gasteiger partial charge on any atom is 0.131 e. The van der Waals surface area contributed by atoms with Gasteiger partial charge in [-0.15, -0.1) is 6.58 Å². The average Bonchev–Trinajstić information content (AvgIpc) is 2.66. The van der Waals surface area contributed by atoms with Gasteiger partial charge in [-0.3, -0.25) is 4.98 Å². The van der Waals surface area contributed by atoms with E-state index < -0.39 is 6.10 Å². The van der Waals surface area contributed by atoms with Crippen molar-refractivity contribution in [1.82, 2.24) is 4.98 Å². The summed E-state index contributed by atoms with van der Waals surface area (Å²) in [5, 5.41) is 12.3. The molecule has 0 aliphatic carbocycles. The molecule has 0 amide bonds. The first-order valence-electron chi connectivity index (χ1n) is 9.13. The second kappa shape index (κ2) is 6.11. The fourth-order valence-electron chi connectivity index (χ4n) is 5.03. The minimum absolute atomic E-state index is 0.228. The molecule has 3 unspecified atom stereocenters. The predicted octanol–water partition coefficient (Wildman–Crippen LogP) is 3.32. The SMILES string of the molecule is C=C[C@H]1C[N+]2(C)CCC1CC2[C@H](O)c1ccnc2ccc(OC)cc12. The number of aromatic nitrogens is 1. The summed E-state index contributed by atoms with van der Waals surface area (Å²) in [5.74, 6) is 2.03. The van der Waals surface area contributed by atoms with E-state index in [1.54, 1.807) is 13.3 Å². The first kappa shape index (κ1) is 16.6. The zero-order chi connectivity index (χ0) is 17.6. The van der Waals surface area contributed by atoms with Crippen LogP contribution < -0.4 is 4.74 Å². The molecule has 5 rings (SSSR count). The maximum absolute atomic E-state index is 11.3. The molecule has 0 spiro atoms. The van der Waals surface area contributed by atoms with Crippen molar-refractivity contribution in [1.29, 1.82) is 0 Å². The van der Waals surface area contributed by atoms with Crippen LogP contribution in [0.2, 0.25) is 0 Å². The second-order valence-electron chi connectivity index (χ2n) is 7.87. The third-order valence-corrected chi connectivity index (χ3v) is 6.56. The quantitative estimate of drug-likeness (QED) is 0.686. The number of aliphatic hydroxyl groups excluding tert-OH is 1. The molecule has 5 atom stereocenters. The predicted molar refractivity (Wildman–Crippen MR) is 99.4 cm³/mol. The van der Waals surface area contributed by atoms with Gasteiger partial charge in [0, 0.05) is 30.3 Å². The molecule has 1 aromatic heterocycles. The van der Waals surface area contributed by atoms with Gasteiger partial charge in [-0.05, 0) is 35.7 Å². The number of pyridine rings is 1. The van der Waals surface area contributed by atoms with E-state index in [1.165, 1.54) is 6.42 Å².